The first-order valence-corrected chi connectivity index (χ1v) is 11.0. The summed E-state index contributed by atoms with van der Waals surface area (Å²) in [5.74, 6) is 0.956. The summed E-state index contributed by atoms with van der Waals surface area (Å²) in [6.45, 7) is 6.23. The molecule has 1 saturated heterocycles. The van der Waals surface area contributed by atoms with Crippen LogP contribution in [0.5, 0.6) is 5.75 Å². The minimum atomic E-state index is -0.185. The fourth-order valence-electron chi connectivity index (χ4n) is 4.47. The number of hydrogen-bond donors (Lipinski definition) is 0. The average molecular weight is 419 g/mol. The summed E-state index contributed by atoms with van der Waals surface area (Å²) >= 11 is 0. The second-order valence-corrected chi connectivity index (χ2v) is 8.64. The Balaban J connectivity index is 1.62. The number of amides is 2. The highest BCUT2D eigenvalue weighted by atomic mass is 16.5. The Morgan fingerprint density at radius 3 is 2.35 bits per heavy atom. The number of hydrogen-bond acceptors (Lipinski definition) is 4. The van der Waals surface area contributed by atoms with Gasteiger partial charge in [0.25, 0.3) is 11.8 Å². The maximum atomic E-state index is 13.5. The predicted octanol–water partition coefficient (Wildman–Crippen LogP) is 4.06. The molecule has 5 heteroatoms. The standard InChI is InChI=1S/C26H30N2O3/c1-18-6-10-21(11-7-18)23-24(27-15-4-5-19(2)17-27)26(30)28(25(23)29)16-14-20-8-12-22(31-3)13-9-20/h6-13,19H,4-5,14-17H2,1-3H3. The van der Waals surface area contributed by atoms with Crippen LogP contribution in [0.3, 0.4) is 0 Å². The van der Waals surface area contributed by atoms with Crippen LogP contribution < -0.4 is 4.74 Å². The van der Waals surface area contributed by atoms with E-state index in [0.29, 0.717) is 30.2 Å². The molecule has 2 aromatic rings. The molecule has 0 radical (unpaired) electrons. The van der Waals surface area contributed by atoms with E-state index < -0.39 is 0 Å². The van der Waals surface area contributed by atoms with Gasteiger partial charge in [0, 0.05) is 19.6 Å². The number of likely N-dealkylation sites (tertiary alicyclic amines) is 1. The van der Waals surface area contributed by atoms with Gasteiger partial charge in [0.1, 0.15) is 11.4 Å². The third-order valence-electron chi connectivity index (χ3n) is 6.24. The second kappa shape index (κ2) is 8.96. The van der Waals surface area contributed by atoms with Gasteiger partial charge in [-0.05, 0) is 55.4 Å². The van der Waals surface area contributed by atoms with E-state index in [9.17, 15) is 9.59 Å². The molecule has 0 aromatic heterocycles. The Kier molecular flexibility index (Phi) is 6.12. The number of rotatable bonds is 6. The van der Waals surface area contributed by atoms with E-state index in [-0.39, 0.29) is 11.8 Å². The van der Waals surface area contributed by atoms with Crippen molar-refractivity contribution in [3.8, 4) is 5.75 Å². The molecule has 2 aromatic carbocycles. The number of methoxy groups -OCH3 is 1. The molecule has 4 rings (SSSR count). The molecular formula is C26H30N2O3. The summed E-state index contributed by atoms with van der Waals surface area (Å²) in [6.07, 6.45) is 2.82. The summed E-state index contributed by atoms with van der Waals surface area (Å²) in [5, 5.41) is 0. The zero-order valence-electron chi connectivity index (χ0n) is 18.6. The first kappa shape index (κ1) is 21.2. The molecular weight excluding hydrogens is 388 g/mol. The lowest BCUT2D eigenvalue weighted by atomic mass is 9.97. The van der Waals surface area contributed by atoms with Gasteiger partial charge in [-0.15, -0.1) is 0 Å². The molecule has 2 aliphatic heterocycles. The van der Waals surface area contributed by atoms with Crippen LogP contribution in [0.1, 0.15) is 36.5 Å². The summed E-state index contributed by atoms with van der Waals surface area (Å²) in [4.78, 5) is 30.5. The van der Waals surface area contributed by atoms with Gasteiger partial charge < -0.3 is 9.64 Å². The number of piperidine rings is 1. The molecule has 0 bridgehead atoms. The quantitative estimate of drug-likeness (QED) is 0.664. The third-order valence-corrected chi connectivity index (χ3v) is 6.24. The monoisotopic (exact) mass is 418 g/mol. The summed E-state index contributed by atoms with van der Waals surface area (Å²) in [6, 6.07) is 15.7. The lowest BCUT2D eigenvalue weighted by Crippen LogP contribution is -2.39. The van der Waals surface area contributed by atoms with Gasteiger partial charge in [-0.25, -0.2) is 0 Å². The van der Waals surface area contributed by atoms with Gasteiger partial charge >= 0.3 is 0 Å². The highest BCUT2D eigenvalue weighted by molar-refractivity contribution is 6.35. The molecule has 1 unspecified atom stereocenters. The number of carbonyl (C=O) groups is 2. The van der Waals surface area contributed by atoms with Crippen LogP contribution in [0.4, 0.5) is 0 Å². The van der Waals surface area contributed by atoms with Crippen molar-refractivity contribution in [2.24, 2.45) is 5.92 Å². The van der Waals surface area contributed by atoms with Crippen molar-refractivity contribution in [3.05, 3.63) is 70.9 Å². The molecule has 0 saturated carbocycles. The SMILES string of the molecule is COc1ccc(CCN2C(=O)C(c3ccc(C)cc3)=C(N3CCCC(C)C3)C2=O)cc1. The van der Waals surface area contributed by atoms with Crippen LogP contribution in [-0.2, 0) is 16.0 Å². The van der Waals surface area contributed by atoms with Crippen molar-refractivity contribution in [2.45, 2.75) is 33.1 Å². The van der Waals surface area contributed by atoms with Crippen LogP contribution in [0, 0.1) is 12.8 Å². The largest absolute Gasteiger partial charge is 0.497 e. The van der Waals surface area contributed by atoms with Crippen molar-refractivity contribution in [2.75, 3.05) is 26.7 Å². The van der Waals surface area contributed by atoms with E-state index >= 15 is 0 Å². The zero-order valence-corrected chi connectivity index (χ0v) is 18.6. The van der Waals surface area contributed by atoms with E-state index in [4.69, 9.17) is 4.74 Å². The smallest absolute Gasteiger partial charge is 0.277 e. The van der Waals surface area contributed by atoms with E-state index in [2.05, 4.69) is 11.8 Å². The minimum absolute atomic E-state index is 0.164. The molecule has 0 spiro atoms. The van der Waals surface area contributed by atoms with E-state index in [1.54, 1.807) is 7.11 Å². The maximum Gasteiger partial charge on any atom is 0.277 e. The van der Waals surface area contributed by atoms with Gasteiger partial charge in [0.2, 0.25) is 0 Å². The van der Waals surface area contributed by atoms with Crippen molar-refractivity contribution in [3.63, 3.8) is 0 Å². The van der Waals surface area contributed by atoms with Crippen LogP contribution in [0.15, 0.2) is 54.2 Å². The highest BCUT2D eigenvalue weighted by Gasteiger charge is 2.41. The van der Waals surface area contributed by atoms with Crippen LogP contribution in [-0.4, -0.2) is 48.4 Å². The van der Waals surface area contributed by atoms with E-state index in [0.717, 1.165) is 48.4 Å². The number of nitrogens with zero attached hydrogens (tertiary/aromatic N) is 2. The van der Waals surface area contributed by atoms with Crippen LogP contribution in [0.2, 0.25) is 0 Å². The summed E-state index contributed by atoms with van der Waals surface area (Å²) in [7, 11) is 1.64. The molecule has 1 fully saturated rings. The molecule has 2 aliphatic rings. The van der Waals surface area contributed by atoms with E-state index in [1.807, 2.05) is 55.5 Å². The van der Waals surface area contributed by atoms with Crippen molar-refractivity contribution < 1.29 is 14.3 Å². The molecule has 162 valence electrons. The van der Waals surface area contributed by atoms with Crippen LogP contribution in [0.25, 0.3) is 5.57 Å². The number of ether oxygens (including phenoxy) is 1. The molecule has 2 heterocycles. The summed E-state index contributed by atoms with van der Waals surface area (Å²) in [5.41, 5.74) is 4.15. The van der Waals surface area contributed by atoms with Gasteiger partial charge in [0.05, 0.1) is 12.7 Å². The molecule has 2 amide bonds. The predicted molar refractivity (Wildman–Crippen MR) is 121 cm³/mol. The lowest BCUT2D eigenvalue weighted by molar-refractivity contribution is -0.137. The lowest BCUT2D eigenvalue weighted by Gasteiger charge is -2.33. The Hall–Kier alpha value is -3.08. The average Bonchev–Trinajstić information content (AvgIpc) is 3.03. The summed E-state index contributed by atoms with van der Waals surface area (Å²) < 4.78 is 5.21. The Morgan fingerprint density at radius 2 is 1.71 bits per heavy atom. The normalized spacial score (nSPS) is 19.4. The van der Waals surface area contributed by atoms with E-state index in [1.165, 1.54) is 4.90 Å². The molecule has 5 nitrogen and oxygen atoms in total. The number of carbonyl (C=O) groups excluding carboxylic acids is 2. The van der Waals surface area contributed by atoms with Gasteiger partial charge in [-0.2, -0.15) is 0 Å². The van der Waals surface area contributed by atoms with Crippen molar-refractivity contribution in [1.29, 1.82) is 0 Å². The topological polar surface area (TPSA) is 49.9 Å². The van der Waals surface area contributed by atoms with Gasteiger partial charge in [0.15, 0.2) is 0 Å². The first-order chi connectivity index (χ1) is 15.0. The molecule has 31 heavy (non-hydrogen) atoms. The van der Waals surface area contributed by atoms with Gasteiger partial charge in [-0.1, -0.05) is 48.9 Å². The minimum Gasteiger partial charge on any atom is -0.497 e. The number of aryl methyl sites for hydroxylation is 1. The zero-order chi connectivity index (χ0) is 22.0. The fraction of sp³-hybridized carbons (Fsp3) is 0.385. The molecule has 0 aliphatic carbocycles. The first-order valence-electron chi connectivity index (χ1n) is 11.0. The Bertz CT molecular complexity index is 992. The maximum absolute atomic E-state index is 13.5. The number of imide groups is 1. The van der Waals surface area contributed by atoms with Crippen LogP contribution >= 0.6 is 0 Å². The van der Waals surface area contributed by atoms with Gasteiger partial charge in [-0.3, -0.25) is 14.5 Å². The third kappa shape index (κ3) is 4.36. The second-order valence-electron chi connectivity index (χ2n) is 8.64. The Labute approximate surface area is 184 Å². The van der Waals surface area contributed by atoms with Crippen molar-refractivity contribution >= 4 is 17.4 Å². The highest BCUT2D eigenvalue weighted by Crippen LogP contribution is 2.34. The fourth-order valence-corrected chi connectivity index (χ4v) is 4.47. The molecule has 0 N–H and O–H groups in total. The van der Waals surface area contributed by atoms with Crippen molar-refractivity contribution in [1.82, 2.24) is 9.80 Å². The number of benzene rings is 2. The molecule has 1 atom stereocenters. The Morgan fingerprint density at radius 1 is 1.00 bits per heavy atom.